The van der Waals surface area contributed by atoms with Gasteiger partial charge in [-0.05, 0) is 37.1 Å². The van der Waals surface area contributed by atoms with Crippen molar-refractivity contribution < 1.29 is 0 Å². The van der Waals surface area contributed by atoms with Crippen molar-refractivity contribution in [3.63, 3.8) is 0 Å². The third kappa shape index (κ3) is 3.06. The van der Waals surface area contributed by atoms with Crippen molar-refractivity contribution in [1.82, 2.24) is 9.55 Å². The second-order valence-corrected chi connectivity index (χ2v) is 8.02. The van der Waals surface area contributed by atoms with E-state index in [9.17, 15) is 4.79 Å². The Kier molecular flexibility index (Phi) is 4.39. The summed E-state index contributed by atoms with van der Waals surface area (Å²) in [5.74, 6) is 0. The van der Waals surface area contributed by atoms with Crippen LogP contribution in [-0.2, 0) is 6.54 Å². The van der Waals surface area contributed by atoms with Crippen molar-refractivity contribution in [2.45, 2.75) is 20.4 Å². The standard InChI is InChI=1S/C21H17ClN2OS/c1-13-3-5-15(6-4-13)11-24-12-23-20-19(21(24)25)18(14(2)26-20)16-7-9-17(22)10-8-16/h3-10,12H,11H2,1-2H3. The van der Waals surface area contributed by atoms with E-state index in [1.54, 1.807) is 22.2 Å². The number of benzene rings is 2. The number of thiophene rings is 1. The Hall–Kier alpha value is -2.43. The van der Waals surface area contributed by atoms with Gasteiger partial charge in [0.25, 0.3) is 5.56 Å². The first-order valence-corrected chi connectivity index (χ1v) is 9.52. The quantitative estimate of drug-likeness (QED) is 0.474. The van der Waals surface area contributed by atoms with Crippen molar-refractivity contribution in [3.8, 4) is 11.1 Å². The first kappa shape index (κ1) is 17.0. The normalized spacial score (nSPS) is 11.2. The SMILES string of the molecule is Cc1ccc(Cn2cnc3sc(C)c(-c4ccc(Cl)cc4)c3c2=O)cc1. The number of nitrogens with zero attached hydrogens (tertiary/aromatic N) is 2. The van der Waals surface area contributed by atoms with Crippen LogP contribution in [0.2, 0.25) is 5.02 Å². The highest BCUT2D eigenvalue weighted by Crippen LogP contribution is 2.35. The molecule has 0 fully saturated rings. The van der Waals surface area contributed by atoms with Crippen LogP contribution >= 0.6 is 22.9 Å². The van der Waals surface area contributed by atoms with Gasteiger partial charge in [-0.15, -0.1) is 11.3 Å². The van der Waals surface area contributed by atoms with E-state index in [-0.39, 0.29) is 5.56 Å². The molecule has 26 heavy (non-hydrogen) atoms. The van der Waals surface area contributed by atoms with Crippen LogP contribution in [0.1, 0.15) is 16.0 Å². The summed E-state index contributed by atoms with van der Waals surface area (Å²) in [5, 5.41) is 1.37. The molecule has 0 aliphatic heterocycles. The minimum absolute atomic E-state index is 0.00937. The molecule has 4 rings (SSSR count). The fourth-order valence-corrected chi connectivity index (χ4v) is 4.23. The van der Waals surface area contributed by atoms with Gasteiger partial charge in [-0.3, -0.25) is 9.36 Å². The van der Waals surface area contributed by atoms with E-state index in [1.807, 2.05) is 43.3 Å². The van der Waals surface area contributed by atoms with E-state index in [4.69, 9.17) is 11.6 Å². The molecule has 2 heterocycles. The lowest BCUT2D eigenvalue weighted by molar-refractivity contribution is 0.749. The summed E-state index contributed by atoms with van der Waals surface area (Å²) >= 11 is 7.56. The summed E-state index contributed by atoms with van der Waals surface area (Å²) in [6.07, 6.45) is 1.64. The van der Waals surface area contributed by atoms with E-state index in [0.717, 1.165) is 26.4 Å². The van der Waals surface area contributed by atoms with Gasteiger partial charge < -0.3 is 0 Å². The Bertz CT molecular complexity index is 1140. The smallest absolute Gasteiger partial charge is 0.263 e. The molecule has 0 N–H and O–H groups in total. The zero-order valence-corrected chi connectivity index (χ0v) is 16.1. The Balaban J connectivity index is 1.86. The van der Waals surface area contributed by atoms with Crippen molar-refractivity contribution >= 4 is 33.2 Å². The number of hydrogen-bond donors (Lipinski definition) is 0. The molecule has 0 spiro atoms. The summed E-state index contributed by atoms with van der Waals surface area (Å²) in [6, 6.07) is 15.8. The minimum Gasteiger partial charge on any atom is -0.294 e. The predicted octanol–water partition coefficient (Wildman–Crippen LogP) is 5.44. The fourth-order valence-electron chi connectivity index (χ4n) is 3.10. The highest BCUT2D eigenvalue weighted by molar-refractivity contribution is 7.19. The number of rotatable bonds is 3. The Morgan fingerprint density at radius 1 is 1.04 bits per heavy atom. The lowest BCUT2D eigenvalue weighted by atomic mass is 10.0. The van der Waals surface area contributed by atoms with Crippen molar-refractivity contribution in [2.75, 3.05) is 0 Å². The van der Waals surface area contributed by atoms with Crippen molar-refractivity contribution in [1.29, 1.82) is 0 Å². The number of hydrogen-bond acceptors (Lipinski definition) is 3. The third-order valence-corrected chi connectivity index (χ3v) is 5.73. The zero-order chi connectivity index (χ0) is 18.3. The molecule has 2 aromatic heterocycles. The number of fused-ring (bicyclic) bond motifs is 1. The van der Waals surface area contributed by atoms with Crippen molar-refractivity contribution in [3.05, 3.63) is 86.2 Å². The molecule has 2 aromatic carbocycles. The number of aromatic nitrogens is 2. The van der Waals surface area contributed by atoms with Gasteiger partial charge in [0.15, 0.2) is 0 Å². The van der Waals surface area contributed by atoms with Crippen LogP contribution in [0.4, 0.5) is 0 Å². The van der Waals surface area contributed by atoms with Crippen LogP contribution in [0.5, 0.6) is 0 Å². The van der Waals surface area contributed by atoms with E-state index in [0.29, 0.717) is 17.0 Å². The number of aryl methyl sites for hydroxylation is 2. The van der Waals surface area contributed by atoms with Gasteiger partial charge >= 0.3 is 0 Å². The second-order valence-electron chi connectivity index (χ2n) is 6.38. The van der Waals surface area contributed by atoms with E-state index in [2.05, 4.69) is 24.0 Å². The van der Waals surface area contributed by atoms with Crippen LogP contribution < -0.4 is 5.56 Å². The largest absolute Gasteiger partial charge is 0.294 e. The minimum atomic E-state index is -0.00937. The van der Waals surface area contributed by atoms with Crippen LogP contribution in [0.3, 0.4) is 0 Å². The van der Waals surface area contributed by atoms with E-state index < -0.39 is 0 Å². The van der Waals surface area contributed by atoms with E-state index in [1.165, 1.54) is 5.56 Å². The van der Waals surface area contributed by atoms with Gasteiger partial charge in [0.05, 0.1) is 18.3 Å². The molecule has 0 saturated heterocycles. The molecular weight excluding hydrogens is 364 g/mol. The maximum absolute atomic E-state index is 13.2. The summed E-state index contributed by atoms with van der Waals surface area (Å²) in [5.41, 5.74) is 4.22. The lowest BCUT2D eigenvalue weighted by Gasteiger charge is -2.07. The molecule has 0 bridgehead atoms. The molecule has 0 aliphatic rings. The van der Waals surface area contributed by atoms with Gasteiger partial charge in [-0.1, -0.05) is 53.6 Å². The molecule has 5 heteroatoms. The maximum Gasteiger partial charge on any atom is 0.263 e. The maximum atomic E-state index is 13.2. The van der Waals surface area contributed by atoms with Crippen LogP contribution in [0.25, 0.3) is 21.3 Å². The summed E-state index contributed by atoms with van der Waals surface area (Å²) in [6.45, 7) is 4.59. The molecule has 0 atom stereocenters. The highest BCUT2D eigenvalue weighted by Gasteiger charge is 2.17. The molecule has 3 nitrogen and oxygen atoms in total. The third-order valence-electron chi connectivity index (χ3n) is 4.46. The fraction of sp³-hybridized carbons (Fsp3) is 0.143. The summed E-state index contributed by atoms with van der Waals surface area (Å²) in [4.78, 5) is 19.6. The molecule has 0 unspecified atom stereocenters. The Labute approximate surface area is 160 Å². The first-order chi connectivity index (χ1) is 12.5. The van der Waals surface area contributed by atoms with Crippen LogP contribution in [0, 0.1) is 13.8 Å². The Morgan fingerprint density at radius 2 is 1.73 bits per heavy atom. The molecule has 0 aliphatic carbocycles. The summed E-state index contributed by atoms with van der Waals surface area (Å²) < 4.78 is 1.68. The second kappa shape index (κ2) is 6.71. The topological polar surface area (TPSA) is 34.9 Å². The molecule has 0 amide bonds. The predicted molar refractivity (Wildman–Crippen MR) is 109 cm³/mol. The Morgan fingerprint density at radius 3 is 2.42 bits per heavy atom. The first-order valence-electron chi connectivity index (χ1n) is 8.33. The highest BCUT2D eigenvalue weighted by atomic mass is 35.5. The monoisotopic (exact) mass is 380 g/mol. The van der Waals surface area contributed by atoms with Gasteiger partial charge in [0, 0.05) is 15.5 Å². The van der Waals surface area contributed by atoms with Crippen LogP contribution in [-0.4, -0.2) is 9.55 Å². The average Bonchev–Trinajstić information content (AvgIpc) is 2.97. The summed E-state index contributed by atoms with van der Waals surface area (Å²) in [7, 11) is 0. The van der Waals surface area contributed by atoms with Gasteiger partial charge in [-0.2, -0.15) is 0 Å². The number of halogens is 1. The zero-order valence-electron chi connectivity index (χ0n) is 14.5. The molecular formula is C21H17ClN2OS. The average molecular weight is 381 g/mol. The van der Waals surface area contributed by atoms with Gasteiger partial charge in [0.1, 0.15) is 4.83 Å². The molecule has 4 aromatic rings. The van der Waals surface area contributed by atoms with Gasteiger partial charge in [-0.25, -0.2) is 4.98 Å². The van der Waals surface area contributed by atoms with Crippen LogP contribution in [0.15, 0.2) is 59.7 Å². The van der Waals surface area contributed by atoms with Crippen molar-refractivity contribution in [2.24, 2.45) is 0 Å². The van der Waals surface area contributed by atoms with Gasteiger partial charge in [0.2, 0.25) is 0 Å². The molecule has 0 radical (unpaired) electrons. The lowest BCUT2D eigenvalue weighted by Crippen LogP contribution is -2.21. The molecule has 130 valence electrons. The molecule has 0 saturated carbocycles. The van der Waals surface area contributed by atoms with E-state index >= 15 is 0 Å².